The lowest BCUT2D eigenvalue weighted by atomic mass is 10.2. The van der Waals surface area contributed by atoms with Crippen LogP contribution in [0.1, 0.15) is 22.8 Å². The largest absolute Gasteiger partial charge is 0.496 e. The smallest absolute Gasteiger partial charge is 0.240 e. The van der Waals surface area contributed by atoms with E-state index in [0.29, 0.717) is 16.9 Å². The van der Waals surface area contributed by atoms with Gasteiger partial charge in [0.2, 0.25) is 10.0 Å². The van der Waals surface area contributed by atoms with E-state index in [4.69, 9.17) is 4.74 Å². The van der Waals surface area contributed by atoms with Crippen LogP contribution in [0.4, 0.5) is 4.39 Å². The first-order valence-electron chi connectivity index (χ1n) is 6.76. The fourth-order valence-electron chi connectivity index (χ4n) is 2.02. The van der Waals surface area contributed by atoms with Crippen molar-refractivity contribution in [1.29, 1.82) is 0 Å². The normalized spacial score (nSPS) is 11.3. The van der Waals surface area contributed by atoms with Crippen molar-refractivity contribution in [3.8, 4) is 5.75 Å². The molecular weight excluding hydrogens is 321 g/mol. The molecule has 1 N–H and O–H groups in total. The predicted octanol–water partition coefficient (Wildman–Crippen LogP) is 2.52. The standard InChI is InChI=1S/C16H16FNO4S/c1-11(19)12-4-3-5-15(9-12)23(20,21)18-10-13-8-14(17)6-7-16(13)22-2/h3-9,18H,10H2,1-2H3. The van der Waals surface area contributed by atoms with E-state index in [2.05, 4.69) is 4.72 Å². The Morgan fingerprint density at radius 1 is 1.22 bits per heavy atom. The number of ether oxygens (including phenoxy) is 1. The predicted molar refractivity (Wildman–Crippen MR) is 83.4 cm³/mol. The van der Waals surface area contributed by atoms with Crippen LogP contribution in [0.15, 0.2) is 47.4 Å². The first-order chi connectivity index (χ1) is 10.8. The lowest BCUT2D eigenvalue weighted by Gasteiger charge is -2.11. The number of ketones is 1. The number of hydrogen-bond acceptors (Lipinski definition) is 4. The number of hydrogen-bond donors (Lipinski definition) is 1. The second-order valence-electron chi connectivity index (χ2n) is 4.86. The molecule has 0 saturated carbocycles. The van der Waals surface area contributed by atoms with Crippen molar-refractivity contribution in [2.45, 2.75) is 18.4 Å². The molecule has 0 atom stereocenters. The molecule has 0 aliphatic carbocycles. The summed E-state index contributed by atoms with van der Waals surface area (Å²) in [6.45, 7) is 1.23. The van der Waals surface area contributed by atoms with Gasteiger partial charge >= 0.3 is 0 Å². The Kier molecular flexibility index (Phi) is 5.12. The number of Topliss-reactive ketones (excluding diaryl/α,β-unsaturated/α-hetero) is 1. The molecule has 2 aromatic carbocycles. The van der Waals surface area contributed by atoms with Crippen LogP contribution in [0.2, 0.25) is 0 Å². The Morgan fingerprint density at radius 2 is 1.96 bits per heavy atom. The molecule has 0 amide bonds. The summed E-state index contributed by atoms with van der Waals surface area (Å²) in [4.78, 5) is 11.3. The van der Waals surface area contributed by atoms with Gasteiger partial charge in [-0.3, -0.25) is 4.79 Å². The number of sulfonamides is 1. The Morgan fingerprint density at radius 3 is 2.61 bits per heavy atom. The van der Waals surface area contributed by atoms with Crippen LogP contribution in [0.25, 0.3) is 0 Å². The van der Waals surface area contributed by atoms with Gasteiger partial charge in [-0.25, -0.2) is 17.5 Å². The molecule has 0 saturated heterocycles. The molecule has 5 nitrogen and oxygen atoms in total. The van der Waals surface area contributed by atoms with Gasteiger partial charge in [0.1, 0.15) is 11.6 Å². The van der Waals surface area contributed by atoms with Crippen LogP contribution in [0, 0.1) is 5.82 Å². The molecule has 0 aliphatic rings. The molecule has 0 unspecified atom stereocenters. The number of methoxy groups -OCH3 is 1. The minimum Gasteiger partial charge on any atom is -0.496 e. The molecule has 0 radical (unpaired) electrons. The average molecular weight is 337 g/mol. The Bertz CT molecular complexity index is 834. The van der Waals surface area contributed by atoms with Crippen molar-refractivity contribution in [3.05, 3.63) is 59.4 Å². The third-order valence-corrected chi connectivity index (χ3v) is 4.64. The van der Waals surface area contributed by atoms with Gasteiger partial charge in [-0.1, -0.05) is 12.1 Å². The van der Waals surface area contributed by atoms with Crippen molar-refractivity contribution < 1.29 is 22.3 Å². The van der Waals surface area contributed by atoms with E-state index < -0.39 is 15.8 Å². The van der Waals surface area contributed by atoms with E-state index in [0.717, 1.165) is 0 Å². The van der Waals surface area contributed by atoms with Crippen LogP contribution in [0.3, 0.4) is 0 Å². The van der Waals surface area contributed by atoms with Crippen LogP contribution in [0.5, 0.6) is 5.75 Å². The van der Waals surface area contributed by atoms with E-state index in [1.54, 1.807) is 0 Å². The Balaban J connectivity index is 2.24. The summed E-state index contributed by atoms with van der Waals surface area (Å²) >= 11 is 0. The highest BCUT2D eigenvalue weighted by atomic mass is 32.2. The molecule has 7 heteroatoms. The lowest BCUT2D eigenvalue weighted by Crippen LogP contribution is -2.23. The minimum atomic E-state index is -3.83. The third-order valence-electron chi connectivity index (χ3n) is 3.25. The minimum absolute atomic E-state index is 0.0273. The zero-order valence-electron chi connectivity index (χ0n) is 12.7. The van der Waals surface area contributed by atoms with Crippen LogP contribution in [-0.4, -0.2) is 21.3 Å². The summed E-state index contributed by atoms with van der Waals surface area (Å²) in [5.74, 6) is -0.334. The van der Waals surface area contributed by atoms with Crippen molar-refractivity contribution in [2.75, 3.05) is 7.11 Å². The molecule has 0 spiro atoms. The number of benzene rings is 2. The molecule has 0 fully saturated rings. The summed E-state index contributed by atoms with van der Waals surface area (Å²) in [5, 5.41) is 0. The third kappa shape index (κ3) is 4.14. The maximum atomic E-state index is 13.3. The fourth-order valence-corrected chi connectivity index (χ4v) is 3.08. The zero-order valence-corrected chi connectivity index (χ0v) is 13.5. The molecule has 0 aromatic heterocycles. The molecule has 2 aromatic rings. The molecule has 23 heavy (non-hydrogen) atoms. The zero-order chi connectivity index (χ0) is 17.0. The van der Waals surface area contributed by atoms with Gasteiger partial charge in [-0.15, -0.1) is 0 Å². The number of nitrogens with one attached hydrogen (secondary N) is 1. The fraction of sp³-hybridized carbons (Fsp3) is 0.188. The maximum Gasteiger partial charge on any atom is 0.240 e. The molecule has 0 aliphatic heterocycles. The Hall–Kier alpha value is -2.25. The highest BCUT2D eigenvalue weighted by Gasteiger charge is 2.16. The van der Waals surface area contributed by atoms with Gasteiger partial charge in [-0.05, 0) is 37.3 Å². The highest BCUT2D eigenvalue weighted by molar-refractivity contribution is 7.89. The molecular formula is C16H16FNO4S. The molecule has 0 heterocycles. The van der Waals surface area contributed by atoms with Crippen LogP contribution >= 0.6 is 0 Å². The highest BCUT2D eigenvalue weighted by Crippen LogP contribution is 2.20. The van der Waals surface area contributed by atoms with Crippen LogP contribution < -0.4 is 9.46 Å². The summed E-state index contributed by atoms with van der Waals surface area (Å²) < 4.78 is 45.4. The average Bonchev–Trinajstić information content (AvgIpc) is 2.53. The van der Waals surface area contributed by atoms with E-state index in [1.807, 2.05) is 0 Å². The monoisotopic (exact) mass is 337 g/mol. The van der Waals surface area contributed by atoms with E-state index in [1.165, 1.54) is 56.5 Å². The van der Waals surface area contributed by atoms with Crippen molar-refractivity contribution in [3.63, 3.8) is 0 Å². The number of carbonyl (C=O) groups is 1. The molecule has 2 rings (SSSR count). The quantitative estimate of drug-likeness (QED) is 0.822. The lowest BCUT2D eigenvalue weighted by molar-refractivity contribution is 0.101. The molecule has 0 bridgehead atoms. The number of rotatable bonds is 6. The number of halogens is 1. The van der Waals surface area contributed by atoms with Gasteiger partial charge in [-0.2, -0.15) is 0 Å². The SMILES string of the molecule is COc1ccc(F)cc1CNS(=O)(=O)c1cccc(C(C)=O)c1. The second-order valence-corrected chi connectivity index (χ2v) is 6.63. The Labute approximate surface area is 134 Å². The summed E-state index contributed by atoms with van der Waals surface area (Å²) in [6, 6.07) is 9.58. The number of carbonyl (C=O) groups excluding carboxylic acids is 1. The van der Waals surface area contributed by atoms with Gasteiger partial charge in [0, 0.05) is 17.7 Å². The van der Waals surface area contributed by atoms with Gasteiger partial charge in [0.25, 0.3) is 0 Å². The van der Waals surface area contributed by atoms with Gasteiger partial charge in [0.15, 0.2) is 5.78 Å². The first-order valence-corrected chi connectivity index (χ1v) is 8.25. The topological polar surface area (TPSA) is 72.5 Å². The van der Waals surface area contributed by atoms with Crippen molar-refractivity contribution in [2.24, 2.45) is 0 Å². The van der Waals surface area contributed by atoms with Gasteiger partial charge < -0.3 is 4.74 Å². The maximum absolute atomic E-state index is 13.3. The van der Waals surface area contributed by atoms with Crippen molar-refractivity contribution in [1.82, 2.24) is 4.72 Å². The summed E-state index contributed by atoms with van der Waals surface area (Å²) in [5.41, 5.74) is 0.676. The summed E-state index contributed by atoms with van der Waals surface area (Å²) in [7, 11) is -2.41. The van der Waals surface area contributed by atoms with Crippen molar-refractivity contribution >= 4 is 15.8 Å². The van der Waals surface area contributed by atoms with E-state index in [-0.39, 0.29) is 17.2 Å². The van der Waals surface area contributed by atoms with E-state index in [9.17, 15) is 17.6 Å². The molecule has 122 valence electrons. The van der Waals surface area contributed by atoms with Crippen LogP contribution in [-0.2, 0) is 16.6 Å². The summed E-state index contributed by atoms with van der Waals surface area (Å²) in [6.07, 6.45) is 0. The first kappa shape index (κ1) is 17.1. The van der Waals surface area contributed by atoms with Gasteiger partial charge in [0.05, 0.1) is 12.0 Å². The second kappa shape index (κ2) is 6.89. The van der Waals surface area contributed by atoms with E-state index >= 15 is 0 Å².